The van der Waals surface area contributed by atoms with Gasteiger partial charge < -0.3 is 4.90 Å². The fourth-order valence-electron chi connectivity index (χ4n) is 2.74. The Morgan fingerprint density at radius 1 is 1.15 bits per heavy atom. The van der Waals surface area contributed by atoms with Gasteiger partial charge in [-0.05, 0) is 31.4 Å². The third kappa shape index (κ3) is 3.83. The van der Waals surface area contributed by atoms with Crippen molar-refractivity contribution in [2.45, 2.75) is 40.2 Å². The molecule has 0 N–H and O–H groups in total. The predicted molar refractivity (Wildman–Crippen MR) is 82.7 cm³/mol. The lowest BCUT2D eigenvalue weighted by Crippen LogP contribution is -2.48. The molecule has 0 bridgehead atoms. The lowest BCUT2D eigenvalue weighted by molar-refractivity contribution is -0.133. The van der Waals surface area contributed by atoms with E-state index < -0.39 is 0 Å². The molecule has 1 aromatic rings. The zero-order valence-electron chi connectivity index (χ0n) is 13.0. The van der Waals surface area contributed by atoms with Gasteiger partial charge in [-0.15, -0.1) is 0 Å². The average molecular weight is 274 g/mol. The van der Waals surface area contributed by atoms with Crippen LogP contribution in [0.25, 0.3) is 0 Å². The van der Waals surface area contributed by atoms with Crippen LogP contribution in [0.4, 0.5) is 0 Å². The minimum Gasteiger partial charge on any atom is -0.340 e. The van der Waals surface area contributed by atoms with Crippen LogP contribution in [0, 0.1) is 13.8 Å². The second-order valence-corrected chi connectivity index (χ2v) is 5.84. The highest BCUT2D eigenvalue weighted by molar-refractivity contribution is 5.76. The van der Waals surface area contributed by atoms with Gasteiger partial charge in [-0.2, -0.15) is 0 Å². The van der Waals surface area contributed by atoms with Crippen molar-refractivity contribution in [1.82, 2.24) is 9.80 Å². The molecule has 0 spiro atoms. The Morgan fingerprint density at radius 3 is 2.50 bits per heavy atom. The Morgan fingerprint density at radius 2 is 1.85 bits per heavy atom. The van der Waals surface area contributed by atoms with Crippen molar-refractivity contribution >= 4 is 5.91 Å². The summed E-state index contributed by atoms with van der Waals surface area (Å²) >= 11 is 0. The molecule has 1 aliphatic heterocycles. The quantitative estimate of drug-likeness (QED) is 0.843. The van der Waals surface area contributed by atoms with Crippen molar-refractivity contribution in [3.05, 3.63) is 34.9 Å². The molecule has 110 valence electrons. The fourth-order valence-corrected chi connectivity index (χ4v) is 2.74. The first kappa shape index (κ1) is 15.0. The van der Waals surface area contributed by atoms with Gasteiger partial charge in [0.05, 0.1) is 0 Å². The van der Waals surface area contributed by atoms with Crippen molar-refractivity contribution in [3.8, 4) is 0 Å². The Hall–Kier alpha value is -1.35. The van der Waals surface area contributed by atoms with Crippen LogP contribution in [-0.4, -0.2) is 41.9 Å². The highest BCUT2D eigenvalue weighted by Crippen LogP contribution is 2.15. The number of rotatable bonds is 4. The third-order valence-corrected chi connectivity index (χ3v) is 4.09. The molecule has 1 aromatic carbocycles. The maximum atomic E-state index is 11.9. The molecule has 1 amide bonds. The molecule has 1 fully saturated rings. The van der Waals surface area contributed by atoms with Crippen LogP contribution >= 0.6 is 0 Å². The number of carbonyl (C=O) groups excluding carboxylic acids is 1. The van der Waals surface area contributed by atoms with Crippen LogP contribution in [0.15, 0.2) is 18.2 Å². The van der Waals surface area contributed by atoms with E-state index in [0.717, 1.165) is 39.1 Å². The van der Waals surface area contributed by atoms with Crippen molar-refractivity contribution in [1.29, 1.82) is 0 Å². The topological polar surface area (TPSA) is 23.6 Å². The number of benzene rings is 1. The van der Waals surface area contributed by atoms with Crippen LogP contribution in [0.1, 0.15) is 36.5 Å². The van der Waals surface area contributed by atoms with Crippen LogP contribution < -0.4 is 0 Å². The summed E-state index contributed by atoms with van der Waals surface area (Å²) in [6.45, 7) is 11.1. The molecule has 3 heteroatoms. The Balaban J connectivity index is 1.88. The standard InChI is InChI=1S/C17H26N2O/c1-4-5-17(20)19-10-8-18(9-11-19)13-16-12-14(2)6-7-15(16)3/h6-7,12H,4-5,8-11,13H2,1-3H3. The summed E-state index contributed by atoms with van der Waals surface area (Å²) in [6, 6.07) is 6.65. The van der Waals surface area contributed by atoms with E-state index in [1.54, 1.807) is 0 Å². The van der Waals surface area contributed by atoms with Crippen LogP contribution in [-0.2, 0) is 11.3 Å². The molecule has 1 saturated heterocycles. The second-order valence-electron chi connectivity index (χ2n) is 5.84. The zero-order chi connectivity index (χ0) is 14.5. The molecule has 0 aliphatic carbocycles. The Kier molecular flexibility index (Phi) is 5.18. The molecule has 1 heterocycles. The first-order valence-electron chi connectivity index (χ1n) is 7.66. The monoisotopic (exact) mass is 274 g/mol. The first-order chi connectivity index (χ1) is 9.60. The molecule has 0 aromatic heterocycles. The van der Waals surface area contributed by atoms with E-state index >= 15 is 0 Å². The fraction of sp³-hybridized carbons (Fsp3) is 0.588. The largest absolute Gasteiger partial charge is 0.340 e. The SMILES string of the molecule is CCCC(=O)N1CCN(Cc2cc(C)ccc2C)CC1. The van der Waals surface area contributed by atoms with Gasteiger partial charge in [0.1, 0.15) is 0 Å². The molecule has 1 aliphatic rings. The summed E-state index contributed by atoms with van der Waals surface area (Å²) in [5.41, 5.74) is 4.10. The number of aryl methyl sites for hydroxylation is 2. The third-order valence-electron chi connectivity index (χ3n) is 4.09. The van der Waals surface area contributed by atoms with Crippen molar-refractivity contribution in [2.24, 2.45) is 0 Å². The van der Waals surface area contributed by atoms with E-state index in [4.69, 9.17) is 0 Å². The van der Waals surface area contributed by atoms with Crippen LogP contribution in [0.2, 0.25) is 0 Å². The van der Waals surface area contributed by atoms with Gasteiger partial charge in [-0.25, -0.2) is 0 Å². The minimum absolute atomic E-state index is 0.318. The summed E-state index contributed by atoms with van der Waals surface area (Å²) in [4.78, 5) is 16.3. The van der Waals surface area contributed by atoms with Crippen molar-refractivity contribution in [2.75, 3.05) is 26.2 Å². The number of hydrogen-bond acceptors (Lipinski definition) is 2. The zero-order valence-corrected chi connectivity index (χ0v) is 13.0. The van der Waals surface area contributed by atoms with Crippen LogP contribution in [0.3, 0.4) is 0 Å². The minimum atomic E-state index is 0.318. The summed E-state index contributed by atoms with van der Waals surface area (Å²) in [5, 5.41) is 0. The molecule has 0 atom stereocenters. The van der Waals surface area contributed by atoms with Crippen molar-refractivity contribution < 1.29 is 4.79 Å². The van der Waals surface area contributed by atoms with E-state index in [0.29, 0.717) is 12.3 Å². The molecule has 0 unspecified atom stereocenters. The van der Waals surface area contributed by atoms with Gasteiger partial charge >= 0.3 is 0 Å². The Bertz CT molecular complexity index is 462. The second kappa shape index (κ2) is 6.89. The maximum Gasteiger partial charge on any atom is 0.222 e. The maximum absolute atomic E-state index is 11.9. The molecule has 2 rings (SSSR count). The molecule has 0 radical (unpaired) electrons. The highest BCUT2D eigenvalue weighted by Gasteiger charge is 2.20. The number of nitrogens with zero attached hydrogens (tertiary/aromatic N) is 2. The number of piperazine rings is 1. The van der Waals surface area contributed by atoms with Gasteiger partial charge in [-0.1, -0.05) is 30.7 Å². The van der Waals surface area contributed by atoms with Gasteiger partial charge in [0.25, 0.3) is 0 Å². The number of carbonyl (C=O) groups is 1. The smallest absolute Gasteiger partial charge is 0.222 e. The Labute approximate surface area is 122 Å². The van der Waals surface area contributed by atoms with Gasteiger partial charge in [-0.3, -0.25) is 9.69 Å². The predicted octanol–water partition coefficient (Wildman–Crippen LogP) is 2.75. The van der Waals surface area contributed by atoms with E-state index in [9.17, 15) is 4.79 Å². The average Bonchev–Trinajstić information content (AvgIpc) is 2.44. The summed E-state index contributed by atoms with van der Waals surface area (Å²) in [5.74, 6) is 0.318. The molecule has 0 saturated carbocycles. The lowest BCUT2D eigenvalue weighted by atomic mass is 10.0. The summed E-state index contributed by atoms with van der Waals surface area (Å²) < 4.78 is 0. The van der Waals surface area contributed by atoms with E-state index in [1.807, 2.05) is 4.90 Å². The highest BCUT2D eigenvalue weighted by atomic mass is 16.2. The number of amides is 1. The summed E-state index contributed by atoms with van der Waals surface area (Å²) in [7, 11) is 0. The molecular formula is C17H26N2O. The van der Waals surface area contributed by atoms with E-state index in [2.05, 4.69) is 43.9 Å². The lowest BCUT2D eigenvalue weighted by Gasteiger charge is -2.35. The van der Waals surface area contributed by atoms with Gasteiger partial charge in [0, 0.05) is 39.1 Å². The number of hydrogen-bond donors (Lipinski definition) is 0. The summed E-state index contributed by atoms with van der Waals surface area (Å²) in [6.07, 6.45) is 1.64. The van der Waals surface area contributed by atoms with Crippen LogP contribution in [0.5, 0.6) is 0 Å². The van der Waals surface area contributed by atoms with Gasteiger partial charge in [0.2, 0.25) is 5.91 Å². The normalized spacial score (nSPS) is 16.4. The van der Waals surface area contributed by atoms with E-state index in [-0.39, 0.29) is 0 Å². The molecular weight excluding hydrogens is 248 g/mol. The molecule has 3 nitrogen and oxygen atoms in total. The first-order valence-corrected chi connectivity index (χ1v) is 7.66. The van der Waals surface area contributed by atoms with E-state index in [1.165, 1.54) is 16.7 Å². The van der Waals surface area contributed by atoms with Gasteiger partial charge in [0.15, 0.2) is 0 Å². The molecule has 20 heavy (non-hydrogen) atoms. The van der Waals surface area contributed by atoms with Crippen molar-refractivity contribution in [3.63, 3.8) is 0 Å².